The fourth-order valence-corrected chi connectivity index (χ4v) is 0.343. The third-order valence-electron chi connectivity index (χ3n) is 0.728. The number of amides is 1. The molecule has 0 aliphatic heterocycles. The number of nitriles is 1. The Morgan fingerprint density at radius 2 is 2.50 bits per heavy atom. The highest BCUT2D eigenvalue weighted by molar-refractivity contribution is 5.44. The van der Waals surface area contributed by atoms with Crippen LogP contribution in [0.3, 0.4) is 0 Å². The lowest BCUT2D eigenvalue weighted by Crippen LogP contribution is -1.98. The first-order chi connectivity index (χ1) is 4.91. The first-order valence-electron chi connectivity index (χ1n) is 2.84. The molecule has 0 atom stereocenters. The van der Waals surface area contributed by atoms with Gasteiger partial charge in [-0.05, 0) is 6.42 Å². The smallest absolute Gasteiger partial charge is 0.228 e. The second-order valence-electron chi connectivity index (χ2n) is 1.47. The monoisotopic (exact) mass is 140 g/mol. The van der Waals surface area contributed by atoms with Crippen molar-refractivity contribution in [1.29, 1.82) is 5.26 Å². The lowest BCUT2D eigenvalue weighted by Gasteiger charge is -1.84. The molecule has 0 saturated heterocycles. The maximum Gasteiger partial charge on any atom is 0.228 e. The summed E-state index contributed by atoms with van der Waals surface area (Å²) in [5.41, 5.74) is 2.02. The summed E-state index contributed by atoms with van der Waals surface area (Å²) >= 11 is 0. The number of carbonyl (C=O) groups is 1. The molecule has 1 N–H and O–H groups in total. The summed E-state index contributed by atoms with van der Waals surface area (Å²) in [5.74, 6) is 0. The number of unbranched alkanes of at least 4 members (excludes halogenated alkanes) is 1. The van der Waals surface area contributed by atoms with Crippen LogP contribution in [0.4, 0.5) is 0 Å². The normalized spacial score (nSPS) is 9.10. The first kappa shape index (κ1) is 8.56. The largest absolute Gasteiger partial charge is 0.277 e. The lowest BCUT2D eigenvalue weighted by molar-refractivity contribution is -0.109. The Bertz CT molecular complexity index is 148. The van der Waals surface area contributed by atoms with E-state index in [1.807, 2.05) is 11.5 Å². The van der Waals surface area contributed by atoms with E-state index >= 15 is 0 Å². The maximum atomic E-state index is 9.58. The van der Waals surface area contributed by atoms with Gasteiger partial charge in [-0.25, -0.2) is 5.43 Å². The molecule has 0 bridgehead atoms. The van der Waals surface area contributed by atoms with E-state index in [1.54, 1.807) is 0 Å². The van der Waals surface area contributed by atoms with Crippen LogP contribution in [0.2, 0.25) is 0 Å². The van der Waals surface area contributed by atoms with Crippen LogP contribution in [0.15, 0.2) is 10.3 Å². The topological polar surface area (TPSA) is 77.6 Å². The first-order valence-corrected chi connectivity index (χ1v) is 2.84. The van der Waals surface area contributed by atoms with Crippen LogP contribution in [0.25, 0.3) is 0 Å². The minimum Gasteiger partial charge on any atom is -0.277 e. The summed E-state index contributed by atoms with van der Waals surface area (Å²) in [7, 11) is 0. The van der Waals surface area contributed by atoms with Crippen molar-refractivity contribution >= 4 is 6.41 Å². The molecule has 1 amide bonds. The fourth-order valence-electron chi connectivity index (χ4n) is 0.343. The molecule has 0 unspecified atom stereocenters. The van der Waals surface area contributed by atoms with Gasteiger partial charge in [0.15, 0.2) is 0 Å². The Kier molecular flexibility index (Phi) is 6.47. The Morgan fingerprint density at radius 1 is 1.70 bits per heavy atom. The molecule has 0 aromatic carbocycles. The standard InChI is InChI=1S/C5H8N4O/c6-3-1-2-4-7-9-8-5-10/h5H,1-2,4H2,(H,7,8,10). The molecule has 0 aliphatic carbocycles. The summed E-state index contributed by atoms with van der Waals surface area (Å²) in [5, 5.41) is 14.9. The van der Waals surface area contributed by atoms with E-state index in [-0.39, 0.29) is 0 Å². The maximum absolute atomic E-state index is 9.58. The van der Waals surface area contributed by atoms with Crippen LogP contribution >= 0.6 is 0 Å². The Morgan fingerprint density at radius 3 is 3.10 bits per heavy atom. The van der Waals surface area contributed by atoms with Crippen molar-refractivity contribution in [3.8, 4) is 6.07 Å². The van der Waals surface area contributed by atoms with E-state index in [9.17, 15) is 4.79 Å². The molecule has 0 fully saturated rings. The highest BCUT2D eigenvalue weighted by atomic mass is 16.1. The van der Waals surface area contributed by atoms with Crippen LogP contribution < -0.4 is 5.43 Å². The van der Waals surface area contributed by atoms with Crippen molar-refractivity contribution in [1.82, 2.24) is 5.43 Å². The molecule has 0 saturated carbocycles. The van der Waals surface area contributed by atoms with E-state index < -0.39 is 0 Å². The summed E-state index contributed by atoms with van der Waals surface area (Å²) in [6.45, 7) is 0.481. The Hall–Kier alpha value is -1.44. The van der Waals surface area contributed by atoms with E-state index in [1.165, 1.54) is 0 Å². The molecular weight excluding hydrogens is 132 g/mol. The van der Waals surface area contributed by atoms with Gasteiger partial charge in [-0.2, -0.15) is 10.4 Å². The van der Waals surface area contributed by atoms with Gasteiger partial charge in [0, 0.05) is 6.42 Å². The average Bonchev–Trinajstić information content (AvgIpc) is 1.97. The molecule has 5 nitrogen and oxygen atoms in total. The van der Waals surface area contributed by atoms with Crippen molar-refractivity contribution in [3.05, 3.63) is 0 Å². The van der Waals surface area contributed by atoms with Gasteiger partial charge in [0.1, 0.15) is 0 Å². The van der Waals surface area contributed by atoms with Crippen LogP contribution in [0.5, 0.6) is 0 Å². The number of hydrogen-bond donors (Lipinski definition) is 1. The Balaban J connectivity index is 3.03. The molecule has 0 aromatic heterocycles. The predicted octanol–water partition coefficient (Wildman–Crippen LogP) is 0.403. The minimum atomic E-state index is 0.438. The minimum absolute atomic E-state index is 0.438. The van der Waals surface area contributed by atoms with Crippen molar-refractivity contribution in [2.24, 2.45) is 10.3 Å². The molecule has 0 spiro atoms. The molecule has 0 rings (SSSR count). The van der Waals surface area contributed by atoms with Gasteiger partial charge in [0.25, 0.3) is 0 Å². The third kappa shape index (κ3) is 6.56. The SMILES string of the molecule is N#CCCCN=NNC=O. The van der Waals surface area contributed by atoms with Crippen LogP contribution in [0, 0.1) is 11.3 Å². The third-order valence-corrected chi connectivity index (χ3v) is 0.728. The second kappa shape index (κ2) is 7.56. The number of rotatable bonds is 5. The number of nitrogens with zero attached hydrogens (tertiary/aromatic N) is 3. The molecule has 5 heteroatoms. The van der Waals surface area contributed by atoms with Gasteiger partial charge < -0.3 is 0 Å². The van der Waals surface area contributed by atoms with E-state index in [0.29, 0.717) is 25.8 Å². The van der Waals surface area contributed by atoms with Crippen LogP contribution in [-0.4, -0.2) is 13.0 Å². The van der Waals surface area contributed by atoms with Crippen LogP contribution in [-0.2, 0) is 4.79 Å². The molecule has 10 heavy (non-hydrogen) atoms. The quantitative estimate of drug-likeness (QED) is 0.260. The zero-order chi connectivity index (χ0) is 7.66. The van der Waals surface area contributed by atoms with Crippen molar-refractivity contribution < 1.29 is 4.79 Å². The highest BCUT2D eigenvalue weighted by Crippen LogP contribution is 1.85. The second-order valence-corrected chi connectivity index (χ2v) is 1.47. The van der Waals surface area contributed by atoms with Crippen LogP contribution in [0.1, 0.15) is 12.8 Å². The zero-order valence-electron chi connectivity index (χ0n) is 5.45. The summed E-state index contributed by atoms with van der Waals surface area (Å²) in [6.07, 6.45) is 1.59. The Labute approximate surface area is 58.7 Å². The molecule has 0 aromatic rings. The predicted molar refractivity (Wildman–Crippen MR) is 33.8 cm³/mol. The fraction of sp³-hybridized carbons (Fsp3) is 0.600. The number of nitrogens with one attached hydrogen (secondary N) is 1. The molecular formula is C5H8N4O. The molecule has 0 radical (unpaired) electrons. The van der Waals surface area contributed by atoms with Gasteiger partial charge in [-0.3, -0.25) is 4.79 Å². The van der Waals surface area contributed by atoms with Gasteiger partial charge >= 0.3 is 0 Å². The number of carbonyl (C=O) groups excluding carboxylic acids is 1. The van der Waals surface area contributed by atoms with E-state index in [0.717, 1.165) is 0 Å². The van der Waals surface area contributed by atoms with Gasteiger partial charge in [0.05, 0.1) is 12.6 Å². The van der Waals surface area contributed by atoms with E-state index in [4.69, 9.17) is 5.26 Å². The zero-order valence-corrected chi connectivity index (χ0v) is 5.45. The lowest BCUT2D eigenvalue weighted by atomic mass is 10.3. The highest BCUT2D eigenvalue weighted by Gasteiger charge is 1.80. The van der Waals surface area contributed by atoms with Gasteiger partial charge in [-0.15, -0.1) is 0 Å². The average molecular weight is 140 g/mol. The van der Waals surface area contributed by atoms with Crippen molar-refractivity contribution in [2.75, 3.05) is 6.54 Å². The molecule has 54 valence electrons. The van der Waals surface area contributed by atoms with E-state index in [2.05, 4.69) is 10.3 Å². The molecule has 0 aliphatic rings. The number of hydrogen-bond acceptors (Lipinski definition) is 4. The summed E-state index contributed by atoms with van der Waals surface area (Å²) in [4.78, 5) is 9.58. The van der Waals surface area contributed by atoms with Crippen molar-refractivity contribution in [3.63, 3.8) is 0 Å². The molecule has 0 heterocycles. The summed E-state index contributed by atoms with van der Waals surface area (Å²) < 4.78 is 0. The van der Waals surface area contributed by atoms with Gasteiger partial charge in [-0.1, -0.05) is 5.22 Å². The van der Waals surface area contributed by atoms with Gasteiger partial charge in [0.2, 0.25) is 6.41 Å². The van der Waals surface area contributed by atoms with Crippen molar-refractivity contribution in [2.45, 2.75) is 12.8 Å². The summed E-state index contributed by atoms with van der Waals surface area (Å²) in [6, 6.07) is 1.97.